The molecule has 0 fully saturated rings. The maximum atomic E-state index is 9.09. The van der Waals surface area contributed by atoms with Crippen LogP contribution in [0.3, 0.4) is 0 Å². The number of ether oxygens (including phenoxy) is 1. The monoisotopic (exact) mass is 299 g/mol. The fourth-order valence-corrected chi connectivity index (χ4v) is 0.230. The molecule has 0 rings (SSSR count). The number of hydrogen-bond donors (Lipinski definition) is 6. The zero-order valence-corrected chi connectivity index (χ0v) is 13.2. The average Bonchev–Trinajstić information content (AvgIpc) is 1.98. The molecule has 0 aromatic carbocycles. The van der Waals surface area contributed by atoms with E-state index in [2.05, 4.69) is 53.7 Å². The van der Waals surface area contributed by atoms with Crippen molar-refractivity contribution in [3.63, 3.8) is 0 Å². The molecule has 16 heavy (non-hydrogen) atoms. The number of carbonyl (C=O) groups excluding carboxylic acids is 2. The Kier molecular flexibility index (Phi) is 32.6. The number of aliphatic hydroxyl groups excluding tert-OH is 1. The first-order valence-electron chi connectivity index (χ1n) is 3.23. The first-order chi connectivity index (χ1) is 6.73. The van der Waals surface area contributed by atoms with Crippen LogP contribution in [0.5, 0.6) is 0 Å². The largest absolute Gasteiger partial charge is 1.00 e. The molecule has 7 nitrogen and oxygen atoms in total. The predicted octanol–water partition coefficient (Wildman–Crippen LogP) is -3.65. The van der Waals surface area contributed by atoms with E-state index in [0.717, 1.165) is 0 Å². The molecule has 0 aliphatic carbocycles. The van der Waals surface area contributed by atoms with Gasteiger partial charge in [0, 0.05) is 0 Å². The Bertz CT molecular complexity index is 193. The van der Waals surface area contributed by atoms with E-state index in [4.69, 9.17) is 20.4 Å². The van der Waals surface area contributed by atoms with E-state index in [1.165, 1.54) is 0 Å². The van der Waals surface area contributed by atoms with Gasteiger partial charge in [-0.2, -0.15) is 0 Å². The summed E-state index contributed by atoms with van der Waals surface area (Å²) in [6.45, 7) is 0.146. The summed E-state index contributed by atoms with van der Waals surface area (Å²) in [4.78, 5) is 18.2. The number of thiol groups is 2. The molecule has 0 aromatic heterocycles. The molecule has 0 spiro atoms. The van der Waals surface area contributed by atoms with E-state index in [0.29, 0.717) is 0 Å². The number of primary amides is 2. The Morgan fingerprint density at radius 1 is 1.25 bits per heavy atom. The van der Waals surface area contributed by atoms with Gasteiger partial charge in [-0.15, -0.1) is 0 Å². The number of amides is 2. The van der Waals surface area contributed by atoms with Crippen LogP contribution >= 0.6 is 37.5 Å². The second-order valence-electron chi connectivity index (χ2n) is 1.57. The number of rotatable bonds is 2. The van der Waals surface area contributed by atoms with Gasteiger partial charge < -0.3 is 28.5 Å². The third kappa shape index (κ3) is 137. The van der Waals surface area contributed by atoms with E-state index in [1.54, 1.807) is 0 Å². The van der Waals surface area contributed by atoms with Crippen LogP contribution in [0.25, 0.3) is 0 Å². The first-order valence-corrected chi connectivity index (χ1v) is 4.54. The van der Waals surface area contributed by atoms with Gasteiger partial charge in [0.05, 0.1) is 6.61 Å². The normalized spacial score (nSPS) is 6.69. The smallest absolute Gasteiger partial charge is 1.00 e. The van der Waals surface area contributed by atoms with Crippen molar-refractivity contribution in [2.45, 2.75) is 0 Å². The van der Waals surface area contributed by atoms with Gasteiger partial charge in [0.1, 0.15) is 6.61 Å². The van der Waals surface area contributed by atoms with E-state index in [9.17, 15) is 0 Å². The van der Waals surface area contributed by atoms with Crippen LogP contribution in [-0.2, 0) is 4.74 Å². The molecule has 0 unspecified atom stereocenters. The average molecular weight is 299 g/mol. The fraction of sp³-hybridized carbons (Fsp3) is 0.400. The third-order valence-corrected chi connectivity index (χ3v) is 0.453. The number of aliphatic hydroxyl groups is 1. The van der Waals surface area contributed by atoms with Gasteiger partial charge in [0.2, 0.25) is 0 Å². The SMILES string of the molecule is NC(=O)S.NC(=O)S.NC(=S)OCCO.[H-].[Na+]. The Hall–Kier alpha value is 0.290. The van der Waals surface area contributed by atoms with Crippen molar-refractivity contribution in [3.05, 3.63) is 0 Å². The molecule has 7 N–H and O–H groups in total. The summed E-state index contributed by atoms with van der Waals surface area (Å²) in [5.74, 6) is 0. The first kappa shape index (κ1) is 25.2. The summed E-state index contributed by atoms with van der Waals surface area (Å²) >= 11 is 10.5. The van der Waals surface area contributed by atoms with E-state index in [1.807, 2.05) is 0 Å². The summed E-state index contributed by atoms with van der Waals surface area (Å²) in [5, 5.41) is 6.78. The molecule has 11 heteroatoms. The van der Waals surface area contributed by atoms with Gasteiger partial charge in [-0.25, -0.2) is 0 Å². The third-order valence-electron chi connectivity index (χ3n) is 0.336. The van der Waals surface area contributed by atoms with Crippen molar-refractivity contribution < 1.29 is 50.4 Å². The minimum Gasteiger partial charge on any atom is -1.00 e. The molecule has 2 amide bonds. The number of hydrogen-bond acceptors (Lipinski definition) is 5. The summed E-state index contributed by atoms with van der Waals surface area (Å²) in [7, 11) is 0. The van der Waals surface area contributed by atoms with Crippen molar-refractivity contribution in [3.8, 4) is 0 Å². The molecule has 0 atom stereocenters. The van der Waals surface area contributed by atoms with Crippen LogP contribution in [0.4, 0.5) is 9.59 Å². The molecular weight excluding hydrogens is 285 g/mol. The van der Waals surface area contributed by atoms with Gasteiger partial charge >= 0.3 is 29.6 Å². The van der Waals surface area contributed by atoms with E-state index >= 15 is 0 Å². The zero-order valence-electron chi connectivity index (χ0n) is 9.62. The summed E-state index contributed by atoms with van der Waals surface area (Å²) in [6, 6.07) is 0. The van der Waals surface area contributed by atoms with E-state index < -0.39 is 10.5 Å². The van der Waals surface area contributed by atoms with Gasteiger partial charge in [0.25, 0.3) is 15.7 Å². The van der Waals surface area contributed by atoms with Crippen LogP contribution < -0.4 is 46.8 Å². The Morgan fingerprint density at radius 3 is 1.56 bits per heavy atom. The van der Waals surface area contributed by atoms with Crippen LogP contribution in [0.2, 0.25) is 0 Å². The summed E-state index contributed by atoms with van der Waals surface area (Å²) < 4.78 is 4.45. The minimum atomic E-state index is -0.639. The molecular formula is C5H14N3NaO4S3. The van der Waals surface area contributed by atoms with Crippen molar-refractivity contribution in [2.24, 2.45) is 17.2 Å². The standard InChI is InChI=1S/C3H7NO2S.2CH3NOS.Na.H/c4-3(7)6-2-1-5;2*2-1(3)4;;/h5H,1-2H2,(H2,4,7);2*(H3,2,3,4);;/q;;;+1;-1. The molecule has 0 saturated heterocycles. The van der Waals surface area contributed by atoms with Crippen LogP contribution in [0, 0.1) is 0 Å². The maximum absolute atomic E-state index is 9.09. The van der Waals surface area contributed by atoms with Gasteiger partial charge in [-0.3, -0.25) is 9.59 Å². The van der Waals surface area contributed by atoms with Crippen molar-refractivity contribution in [2.75, 3.05) is 13.2 Å². The van der Waals surface area contributed by atoms with Crippen molar-refractivity contribution >= 4 is 53.1 Å². The molecule has 0 aromatic rings. The maximum Gasteiger partial charge on any atom is 1.00 e. The van der Waals surface area contributed by atoms with Crippen LogP contribution in [0.1, 0.15) is 1.43 Å². The predicted molar refractivity (Wildman–Crippen MR) is 68.1 cm³/mol. The minimum absolute atomic E-state index is 0. The Labute approximate surface area is 133 Å². The molecule has 0 radical (unpaired) electrons. The van der Waals surface area contributed by atoms with Crippen molar-refractivity contribution in [1.29, 1.82) is 0 Å². The fourth-order valence-electron chi connectivity index (χ4n) is 0.146. The molecule has 0 bridgehead atoms. The number of thiocarbonyl (C=S) groups is 1. The van der Waals surface area contributed by atoms with Crippen LogP contribution in [-0.4, -0.2) is 34.0 Å². The molecule has 0 aliphatic heterocycles. The molecule has 0 aliphatic rings. The second-order valence-corrected chi connectivity index (χ2v) is 2.85. The van der Waals surface area contributed by atoms with E-state index in [-0.39, 0.29) is 49.4 Å². The van der Waals surface area contributed by atoms with Crippen LogP contribution in [0.15, 0.2) is 0 Å². The van der Waals surface area contributed by atoms with Crippen molar-refractivity contribution in [1.82, 2.24) is 0 Å². The van der Waals surface area contributed by atoms with Gasteiger partial charge in [0.15, 0.2) is 0 Å². The Balaban J connectivity index is -0.0000000425. The second kappa shape index (κ2) is 20.7. The Morgan fingerprint density at radius 2 is 1.50 bits per heavy atom. The molecule has 92 valence electrons. The van der Waals surface area contributed by atoms with Gasteiger partial charge in [-0.1, -0.05) is 25.3 Å². The molecule has 0 heterocycles. The topological polar surface area (TPSA) is 142 Å². The summed E-state index contributed by atoms with van der Waals surface area (Å²) in [6.07, 6.45) is 0. The van der Waals surface area contributed by atoms with Gasteiger partial charge in [-0.05, 0) is 12.2 Å². The molecule has 0 saturated carbocycles. The number of nitrogens with two attached hydrogens (primary N) is 3. The summed E-state index contributed by atoms with van der Waals surface area (Å²) in [5.41, 5.74) is 13.5. The zero-order chi connectivity index (χ0) is 12.9. The quantitative estimate of drug-likeness (QED) is 0.176. The number of carbonyl (C=O) groups is 2.